The van der Waals surface area contributed by atoms with Crippen LogP contribution in [0.2, 0.25) is 0 Å². The van der Waals surface area contributed by atoms with Crippen molar-refractivity contribution < 1.29 is 4.74 Å². The van der Waals surface area contributed by atoms with Gasteiger partial charge in [0.05, 0.1) is 7.11 Å². The number of benzene rings is 1. The summed E-state index contributed by atoms with van der Waals surface area (Å²) in [4.78, 5) is 8.94. The molecule has 2 rings (SSSR count). The van der Waals surface area contributed by atoms with Gasteiger partial charge in [0.15, 0.2) is 0 Å². The Balaban J connectivity index is 2.36. The molecule has 0 fully saturated rings. The van der Waals surface area contributed by atoms with E-state index in [2.05, 4.69) is 16.9 Å². The summed E-state index contributed by atoms with van der Waals surface area (Å²) in [6, 6.07) is 7.89. The average molecular weight is 257 g/mol. The van der Waals surface area contributed by atoms with Gasteiger partial charge in [-0.25, -0.2) is 9.97 Å². The maximum absolute atomic E-state index is 5.94. The van der Waals surface area contributed by atoms with Crippen LogP contribution < -0.4 is 10.5 Å². The van der Waals surface area contributed by atoms with Crippen molar-refractivity contribution in [1.29, 1.82) is 0 Å². The van der Waals surface area contributed by atoms with E-state index in [-0.39, 0.29) is 0 Å². The van der Waals surface area contributed by atoms with Gasteiger partial charge in [0, 0.05) is 23.2 Å². The van der Waals surface area contributed by atoms with Gasteiger partial charge in [0.25, 0.3) is 0 Å². The number of nitrogens with two attached hydrogens (primary N) is 1. The molecular weight excluding hydrogens is 238 g/mol. The Morgan fingerprint density at radius 2 is 1.95 bits per heavy atom. The van der Waals surface area contributed by atoms with E-state index in [4.69, 9.17) is 10.5 Å². The normalized spacial score (nSPS) is 10.5. The lowest BCUT2D eigenvalue weighted by atomic mass is 10.1. The summed E-state index contributed by atoms with van der Waals surface area (Å²) in [5.74, 6) is 2.16. The fourth-order valence-electron chi connectivity index (χ4n) is 2.08. The second-order valence-electron chi connectivity index (χ2n) is 4.44. The quantitative estimate of drug-likeness (QED) is 0.914. The zero-order valence-electron chi connectivity index (χ0n) is 11.6. The molecule has 0 saturated heterocycles. The first kappa shape index (κ1) is 13.3. The summed E-state index contributed by atoms with van der Waals surface area (Å²) in [5, 5.41) is 0. The number of nitrogens with zero attached hydrogens (tertiary/aromatic N) is 2. The summed E-state index contributed by atoms with van der Waals surface area (Å²) >= 11 is 0. The van der Waals surface area contributed by atoms with Crippen molar-refractivity contribution in [2.45, 2.75) is 26.7 Å². The van der Waals surface area contributed by atoms with Crippen molar-refractivity contribution in [2.24, 2.45) is 0 Å². The Morgan fingerprint density at radius 1 is 1.21 bits per heavy atom. The van der Waals surface area contributed by atoms with Gasteiger partial charge in [-0.2, -0.15) is 0 Å². The molecule has 0 saturated carbocycles. The Bertz CT molecular complexity index is 582. The third-order valence-corrected chi connectivity index (χ3v) is 3.21. The van der Waals surface area contributed by atoms with Gasteiger partial charge in [-0.15, -0.1) is 0 Å². The fourth-order valence-corrected chi connectivity index (χ4v) is 2.08. The van der Waals surface area contributed by atoms with E-state index in [0.29, 0.717) is 12.2 Å². The molecule has 0 atom stereocenters. The lowest BCUT2D eigenvalue weighted by Gasteiger charge is -2.10. The van der Waals surface area contributed by atoms with Gasteiger partial charge in [-0.3, -0.25) is 0 Å². The van der Waals surface area contributed by atoms with E-state index < -0.39 is 0 Å². The molecule has 1 heterocycles. The number of nitrogen functional groups attached to an aromatic ring is 1. The molecular formula is C15H19N3O. The van der Waals surface area contributed by atoms with Crippen molar-refractivity contribution in [3.8, 4) is 5.75 Å². The maximum atomic E-state index is 5.94. The predicted octanol–water partition coefficient (Wildman–Crippen LogP) is 2.53. The molecule has 2 N–H and O–H groups in total. The van der Waals surface area contributed by atoms with Crippen LogP contribution in [0.25, 0.3) is 0 Å². The minimum atomic E-state index is 0.566. The number of aromatic nitrogens is 2. The molecule has 0 aliphatic rings. The number of methoxy groups -OCH3 is 1. The second-order valence-corrected chi connectivity index (χ2v) is 4.44. The SMILES string of the molecule is CCc1nc(Cc2ccccc2OC)nc(N)c1C. The number of hydrogen-bond donors (Lipinski definition) is 1. The topological polar surface area (TPSA) is 61.0 Å². The summed E-state index contributed by atoms with van der Waals surface area (Å²) in [5.41, 5.74) is 8.99. The minimum Gasteiger partial charge on any atom is -0.496 e. The molecule has 4 heteroatoms. The van der Waals surface area contributed by atoms with Crippen LogP contribution in [0, 0.1) is 6.92 Å². The first-order chi connectivity index (χ1) is 9.15. The highest BCUT2D eigenvalue weighted by Gasteiger charge is 2.10. The second kappa shape index (κ2) is 5.69. The van der Waals surface area contributed by atoms with E-state index in [1.807, 2.05) is 31.2 Å². The third kappa shape index (κ3) is 2.84. The monoisotopic (exact) mass is 257 g/mol. The van der Waals surface area contributed by atoms with Crippen molar-refractivity contribution in [2.75, 3.05) is 12.8 Å². The largest absolute Gasteiger partial charge is 0.496 e. The van der Waals surface area contributed by atoms with Gasteiger partial charge in [-0.1, -0.05) is 25.1 Å². The lowest BCUT2D eigenvalue weighted by Crippen LogP contribution is -2.07. The molecule has 1 aromatic carbocycles. The van der Waals surface area contributed by atoms with Crippen LogP contribution in [0.3, 0.4) is 0 Å². The number of ether oxygens (including phenoxy) is 1. The molecule has 1 aromatic heterocycles. The van der Waals surface area contributed by atoms with Crippen LogP contribution in [-0.2, 0) is 12.8 Å². The molecule has 0 spiro atoms. The highest BCUT2D eigenvalue weighted by Crippen LogP contribution is 2.21. The van der Waals surface area contributed by atoms with Crippen LogP contribution in [0.5, 0.6) is 5.75 Å². The summed E-state index contributed by atoms with van der Waals surface area (Å²) in [6.45, 7) is 4.03. The van der Waals surface area contributed by atoms with Crippen LogP contribution in [0.1, 0.15) is 29.6 Å². The molecule has 0 unspecified atom stereocenters. The summed E-state index contributed by atoms with van der Waals surface area (Å²) < 4.78 is 5.34. The first-order valence-corrected chi connectivity index (χ1v) is 6.39. The van der Waals surface area contributed by atoms with Crippen LogP contribution in [0.15, 0.2) is 24.3 Å². The van der Waals surface area contributed by atoms with Gasteiger partial charge < -0.3 is 10.5 Å². The smallest absolute Gasteiger partial charge is 0.135 e. The van der Waals surface area contributed by atoms with Crippen molar-refractivity contribution >= 4 is 5.82 Å². The number of aryl methyl sites for hydroxylation is 1. The molecule has 100 valence electrons. The lowest BCUT2D eigenvalue weighted by molar-refractivity contribution is 0.410. The molecule has 0 amide bonds. The number of rotatable bonds is 4. The molecule has 2 aromatic rings. The highest BCUT2D eigenvalue weighted by atomic mass is 16.5. The molecule has 4 nitrogen and oxygen atoms in total. The van der Waals surface area contributed by atoms with Gasteiger partial charge in [0.1, 0.15) is 17.4 Å². The maximum Gasteiger partial charge on any atom is 0.135 e. The summed E-state index contributed by atoms with van der Waals surface area (Å²) in [6.07, 6.45) is 1.49. The Kier molecular flexibility index (Phi) is 4.00. The number of para-hydroxylation sites is 1. The third-order valence-electron chi connectivity index (χ3n) is 3.21. The van der Waals surface area contributed by atoms with E-state index in [0.717, 1.165) is 34.8 Å². The number of anilines is 1. The minimum absolute atomic E-state index is 0.566. The zero-order valence-corrected chi connectivity index (χ0v) is 11.6. The number of hydrogen-bond acceptors (Lipinski definition) is 4. The molecule has 0 radical (unpaired) electrons. The average Bonchev–Trinajstić information content (AvgIpc) is 2.43. The Morgan fingerprint density at radius 3 is 2.63 bits per heavy atom. The standard InChI is InChI=1S/C15H19N3O/c1-4-12-10(2)15(16)18-14(17-12)9-11-7-5-6-8-13(11)19-3/h5-8H,4,9H2,1-3H3,(H2,16,17,18). The van der Waals surface area contributed by atoms with E-state index >= 15 is 0 Å². The first-order valence-electron chi connectivity index (χ1n) is 6.39. The zero-order chi connectivity index (χ0) is 13.8. The van der Waals surface area contributed by atoms with Gasteiger partial charge in [-0.05, 0) is 19.4 Å². The van der Waals surface area contributed by atoms with E-state index in [1.165, 1.54) is 0 Å². The van der Waals surface area contributed by atoms with E-state index in [1.54, 1.807) is 7.11 Å². The molecule has 0 aliphatic carbocycles. The van der Waals surface area contributed by atoms with Crippen LogP contribution in [-0.4, -0.2) is 17.1 Å². The fraction of sp³-hybridized carbons (Fsp3) is 0.333. The van der Waals surface area contributed by atoms with Crippen LogP contribution >= 0.6 is 0 Å². The van der Waals surface area contributed by atoms with Crippen molar-refractivity contribution in [3.63, 3.8) is 0 Å². The predicted molar refractivity (Wildman–Crippen MR) is 76.4 cm³/mol. The molecule has 0 aliphatic heterocycles. The van der Waals surface area contributed by atoms with Crippen LogP contribution in [0.4, 0.5) is 5.82 Å². The highest BCUT2D eigenvalue weighted by molar-refractivity contribution is 5.42. The molecule has 0 bridgehead atoms. The molecule has 19 heavy (non-hydrogen) atoms. The van der Waals surface area contributed by atoms with Gasteiger partial charge >= 0.3 is 0 Å². The van der Waals surface area contributed by atoms with Gasteiger partial charge in [0.2, 0.25) is 0 Å². The van der Waals surface area contributed by atoms with E-state index in [9.17, 15) is 0 Å². The Labute approximate surface area is 113 Å². The van der Waals surface area contributed by atoms with Crippen molar-refractivity contribution in [1.82, 2.24) is 9.97 Å². The summed E-state index contributed by atoms with van der Waals surface area (Å²) in [7, 11) is 1.67. The Hall–Kier alpha value is -2.10. The van der Waals surface area contributed by atoms with Crippen molar-refractivity contribution in [3.05, 3.63) is 46.9 Å².